The van der Waals surface area contributed by atoms with Crippen LogP contribution in [-0.2, 0) is 18.2 Å². The molecule has 1 N–H and O–H groups in total. The summed E-state index contributed by atoms with van der Waals surface area (Å²) in [7, 11) is 1.85. The van der Waals surface area contributed by atoms with Crippen LogP contribution in [0, 0.1) is 0 Å². The van der Waals surface area contributed by atoms with Gasteiger partial charge in [-0.3, -0.25) is 9.48 Å². The maximum atomic E-state index is 12.6. The van der Waals surface area contributed by atoms with Crippen molar-refractivity contribution in [3.8, 4) is 0 Å². The summed E-state index contributed by atoms with van der Waals surface area (Å²) in [4.78, 5) is 13.9. The first kappa shape index (κ1) is 15.2. The van der Waals surface area contributed by atoms with Crippen LogP contribution in [0.2, 0.25) is 0 Å². The van der Waals surface area contributed by atoms with E-state index in [1.54, 1.807) is 22.2 Å². The van der Waals surface area contributed by atoms with E-state index in [9.17, 15) is 4.79 Å². The molecule has 2 aromatic rings. The maximum Gasteiger partial charge on any atom is 0.254 e. The number of carbonyl (C=O) groups is 1. The number of amides is 1. The van der Waals surface area contributed by atoms with E-state index < -0.39 is 0 Å². The quantitative estimate of drug-likeness (QED) is 0.920. The minimum Gasteiger partial charge on any atom is -0.381 e. The minimum atomic E-state index is -0.0425. The number of ether oxygens (including phenoxy) is 1. The topological polar surface area (TPSA) is 56.2 Å². The average molecular weight is 319 g/mol. The SMILES string of the molecule is C[C@@H](Cc1cccs1)NC(=O)c1cn(C)nc1[C@@H]1CCOC1. The van der Waals surface area contributed by atoms with Crippen molar-refractivity contribution >= 4 is 17.2 Å². The molecule has 0 aliphatic carbocycles. The van der Waals surface area contributed by atoms with Crippen LogP contribution in [0.3, 0.4) is 0 Å². The number of hydrogen-bond acceptors (Lipinski definition) is 4. The number of rotatable bonds is 5. The molecule has 0 aromatic carbocycles. The van der Waals surface area contributed by atoms with E-state index in [-0.39, 0.29) is 17.9 Å². The molecule has 22 heavy (non-hydrogen) atoms. The Hall–Kier alpha value is -1.66. The third-order valence-electron chi connectivity index (χ3n) is 3.88. The lowest BCUT2D eigenvalue weighted by Gasteiger charge is -2.14. The van der Waals surface area contributed by atoms with Crippen molar-refractivity contribution in [3.05, 3.63) is 39.8 Å². The third-order valence-corrected chi connectivity index (χ3v) is 4.78. The Kier molecular flexibility index (Phi) is 4.59. The number of nitrogens with zero attached hydrogens (tertiary/aromatic N) is 2. The fourth-order valence-corrected chi connectivity index (χ4v) is 3.65. The zero-order chi connectivity index (χ0) is 15.5. The summed E-state index contributed by atoms with van der Waals surface area (Å²) in [6.45, 7) is 3.44. The Balaban J connectivity index is 1.69. The maximum absolute atomic E-state index is 12.6. The van der Waals surface area contributed by atoms with Gasteiger partial charge in [0.1, 0.15) is 0 Å². The van der Waals surface area contributed by atoms with Crippen LogP contribution in [0.5, 0.6) is 0 Å². The van der Waals surface area contributed by atoms with Gasteiger partial charge >= 0.3 is 0 Å². The lowest BCUT2D eigenvalue weighted by atomic mass is 10.0. The van der Waals surface area contributed by atoms with Crippen LogP contribution in [-0.4, -0.2) is 34.9 Å². The molecule has 0 bridgehead atoms. The van der Waals surface area contributed by atoms with Crippen molar-refractivity contribution in [1.82, 2.24) is 15.1 Å². The molecule has 5 nitrogen and oxygen atoms in total. The van der Waals surface area contributed by atoms with Gasteiger partial charge in [0, 0.05) is 43.1 Å². The van der Waals surface area contributed by atoms with Gasteiger partial charge in [0.2, 0.25) is 0 Å². The lowest BCUT2D eigenvalue weighted by Crippen LogP contribution is -2.34. The van der Waals surface area contributed by atoms with Gasteiger partial charge in [-0.1, -0.05) is 6.07 Å². The van der Waals surface area contributed by atoms with Gasteiger partial charge in [0.25, 0.3) is 5.91 Å². The molecule has 0 unspecified atom stereocenters. The van der Waals surface area contributed by atoms with E-state index in [2.05, 4.69) is 21.9 Å². The van der Waals surface area contributed by atoms with Crippen LogP contribution < -0.4 is 5.32 Å². The highest BCUT2D eigenvalue weighted by Crippen LogP contribution is 2.26. The van der Waals surface area contributed by atoms with E-state index >= 15 is 0 Å². The molecule has 2 atom stereocenters. The van der Waals surface area contributed by atoms with E-state index in [0.29, 0.717) is 12.2 Å². The van der Waals surface area contributed by atoms with Crippen molar-refractivity contribution in [3.63, 3.8) is 0 Å². The van der Waals surface area contributed by atoms with Crippen LogP contribution in [0.15, 0.2) is 23.7 Å². The van der Waals surface area contributed by atoms with Gasteiger partial charge in [0.15, 0.2) is 0 Å². The van der Waals surface area contributed by atoms with E-state index in [4.69, 9.17) is 4.74 Å². The Morgan fingerprint density at radius 3 is 3.18 bits per heavy atom. The summed E-state index contributed by atoms with van der Waals surface area (Å²) in [5, 5.41) is 9.62. The highest BCUT2D eigenvalue weighted by molar-refractivity contribution is 7.09. The molecule has 118 valence electrons. The zero-order valence-electron chi connectivity index (χ0n) is 12.9. The zero-order valence-corrected chi connectivity index (χ0v) is 13.7. The molecule has 0 radical (unpaired) electrons. The predicted molar refractivity (Wildman–Crippen MR) is 86.3 cm³/mol. The van der Waals surface area contributed by atoms with Crippen molar-refractivity contribution in [2.75, 3.05) is 13.2 Å². The number of nitrogens with one attached hydrogen (secondary N) is 1. The molecular weight excluding hydrogens is 298 g/mol. The summed E-state index contributed by atoms with van der Waals surface area (Å²) < 4.78 is 7.14. The molecule has 1 aliphatic heterocycles. The molecule has 1 fully saturated rings. The lowest BCUT2D eigenvalue weighted by molar-refractivity contribution is 0.0938. The molecule has 6 heteroatoms. The smallest absolute Gasteiger partial charge is 0.254 e. The molecule has 3 rings (SSSR count). The second-order valence-corrected chi connectivity index (χ2v) is 6.85. The highest BCUT2D eigenvalue weighted by Gasteiger charge is 2.27. The monoisotopic (exact) mass is 319 g/mol. The van der Waals surface area contributed by atoms with Gasteiger partial charge < -0.3 is 10.1 Å². The second kappa shape index (κ2) is 6.62. The molecule has 0 saturated carbocycles. The van der Waals surface area contributed by atoms with E-state index in [1.807, 2.05) is 20.0 Å². The second-order valence-electron chi connectivity index (χ2n) is 5.82. The first-order valence-corrected chi connectivity index (χ1v) is 8.46. The van der Waals surface area contributed by atoms with E-state index in [1.165, 1.54) is 4.88 Å². The number of hydrogen-bond donors (Lipinski definition) is 1. The molecule has 2 aromatic heterocycles. The normalized spacial score (nSPS) is 19.3. The fraction of sp³-hybridized carbons (Fsp3) is 0.500. The first-order valence-electron chi connectivity index (χ1n) is 7.58. The van der Waals surface area contributed by atoms with E-state index in [0.717, 1.165) is 25.1 Å². The van der Waals surface area contributed by atoms with Crippen LogP contribution in [0.1, 0.15) is 40.2 Å². The molecular formula is C16H21N3O2S. The average Bonchev–Trinajstić information content (AvgIpc) is 3.17. The number of thiophene rings is 1. The first-order chi connectivity index (χ1) is 10.6. The van der Waals surface area contributed by atoms with Gasteiger partial charge in [0.05, 0.1) is 17.9 Å². The third kappa shape index (κ3) is 3.39. The highest BCUT2D eigenvalue weighted by atomic mass is 32.1. The molecule has 1 aliphatic rings. The van der Waals surface area contributed by atoms with Gasteiger partial charge in [-0.15, -0.1) is 11.3 Å². The summed E-state index contributed by atoms with van der Waals surface area (Å²) in [5.74, 6) is 0.189. The number of aromatic nitrogens is 2. The number of aryl methyl sites for hydroxylation is 1. The molecule has 1 saturated heterocycles. The largest absolute Gasteiger partial charge is 0.381 e. The van der Waals surface area contributed by atoms with Crippen molar-refractivity contribution in [1.29, 1.82) is 0 Å². The summed E-state index contributed by atoms with van der Waals surface area (Å²) >= 11 is 1.72. The van der Waals surface area contributed by atoms with Crippen molar-refractivity contribution in [2.24, 2.45) is 7.05 Å². The fourth-order valence-electron chi connectivity index (χ4n) is 2.82. The molecule has 0 spiro atoms. The summed E-state index contributed by atoms with van der Waals surface area (Å²) in [6, 6.07) is 4.23. The predicted octanol–water partition coefficient (Wildman–Crippen LogP) is 2.35. The van der Waals surface area contributed by atoms with Crippen LogP contribution in [0.25, 0.3) is 0 Å². The van der Waals surface area contributed by atoms with Gasteiger partial charge in [-0.2, -0.15) is 5.10 Å². The van der Waals surface area contributed by atoms with Crippen LogP contribution >= 0.6 is 11.3 Å². The summed E-state index contributed by atoms with van der Waals surface area (Å²) in [5.41, 5.74) is 1.54. The Morgan fingerprint density at radius 1 is 1.64 bits per heavy atom. The van der Waals surface area contributed by atoms with Crippen LogP contribution in [0.4, 0.5) is 0 Å². The Morgan fingerprint density at radius 2 is 2.50 bits per heavy atom. The van der Waals surface area contributed by atoms with Crippen molar-refractivity contribution < 1.29 is 9.53 Å². The Labute approximate surface area is 134 Å². The molecule has 1 amide bonds. The summed E-state index contributed by atoms with van der Waals surface area (Å²) in [6.07, 6.45) is 3.59. The number of carbonyl (C=O) groups excluding carboxylic acids is 1. The van der Waals surface area contributed by atoms with Gasteiger partial charge in [-0.25, -0.2) is 0 Å². The van der Waals surface area contributed by atoms with Gasteiger partial charge in [-0.05, 0) is 24.8 Å². The standard InChI is InChI=1S/C16H21N3O2S/c1-11(8-13-4-3-7-22-13)17-16(20)14-9-19(2)18-15(14)12-5-6-21-10-12/h3-4,7,9,11-12H,5-6,8,10H2,1-2H3,(H,17,20)/t11-,12+/m0/s1. The molecule has 3 heterocycles. The van der Waals surface area contributed by atoms with Crippen molar-refractivity contribution in [2.45, 2.75) is 31.7 Å². The Bertz CT molecular complexity index is 630. The minimum absolute atomic E-state index is 0.0425.